The number of amides is 2. The van der Waals surface area contributed by atoms with Gasteiger partial charge >= 0.3 is 12.0 Å². The van der Waals surface area contributed by atoms with E-state index in [1.165, 1.54) is 0 Å². The van der Waals surface area contributed by atoms with Gasteiger partial charge in [-0.1, -0.05) is 25.5 Å². The molecule has 0 aromatic heterocycles. The zero-order chi connectivity index (χ0) is 15.3. The molecule has 114 valence electrons. The number of nitrogens with one attached hydrogen (secondary N) is 2. The van der Waals surface area contributed by atoms with Gasteiger partial charge in [0.15, 0.2) is 0 Å². The number of aliphatic carboxylic acids is 1. The van der Waals surface area contributed by atoms with E-state index >= 15 is 0 Å². The maximum Gasteiger partial charge on any atom is 0.319 e. The summed E-state index contributed by atoms with van der Waals surface area (Å²) < 4.78 is 0. The Balaban J connectivity index is 1.85. The fourth-order valence-electron chi connectivity index (χ4n) is 2.73. The molecule has 0 unspecified atom stereocenters. The third-order valence-corrected chi connectivity index (χ3v) is 4.16. The Labute approximate surface area is 124 Å². The first-order chi connectivity index (χ1) is 10.0. The average Bonchev–Trinajstić information content (AvgIpc) is 2.41. The van der Waals surface area contributed by atoms with Gasteiger partial charge in [0.1, 0.15) is 0 Å². The van der Waals surface area contributed by atoms with Crippen molar-refractivity contribution in [3.05, 3.63) is 29.8 Å². The van der Waals surface area contributed by atoms with Crippen LogP contribution in [0.15, 0.2) is 24.3 Å². The lowest BCUT2D eigenvalue weighted by Crippen LogP contribution is -2.44. The Kier molecular flexibility index (Phi) is 4.83. The lowest BCUT2D eigenvalue weighted by molar-refractivity contribution is -0.141. The Hall–Kier alpha value is -2.04. The summed E-state index contributed by atoms with van der Waals surface area (Å²) in [5.74, 6) is -0.799. The second-order valence-corrected chi connectivity index (χ2v) is 5.79. The predicted molar refractivity (Wildman–Crippen MR) is 81.4 cm³/mol. The van der Waals surface area contributed by atoms with Gasteiger partial charge < -0.3 is 15.7 Å². The number of anilines is 1. The van der Waals surface area contributed by atoms with E-state index in [1.807, 2.05) is 24.3 Å². The molecule has 1 saturated carbocycles. The summed E-state index contributed by atoms with van der Waals surface area (Å²) in [4.78, 5) is 22.8. The van der Waals surface area contributed by atoms with Crippen LogP contribution in [0.5, 0.6) is 0 Å². The van der Waals surface area contributed by atoms with Crippen molar-refractivity contribution in [3.63, 3.8) is 0 Å². The fraction of sp³-hybridized carbons (Fsp3) is 0.500. The van der Waals surface area contributed by atoms with Gasteiger partial charge in [-0.15, -0.1) is 0 Å². The Morgan fingerprint density at radius 1 is 1.33 bits per heavy atom. The number of carboxylic acid groups (broad SMARTS) is 1. The monoisotopic (exact) mass is 290 g/mol. The lowest BCUT2D eigenvalue weighted by atomic mass is 9.66. The SMILES string of the molecule is CCc1cccc(NC(=O)NCC2(CC(=O)O)CCC2)c1. The molecule has 0 aliphatic heterocycles. The summed E-state index contributed by atoms with van der Waals surface area (Å²) in [7, 11) is 0. The van der Waals surface area contributed by atoms with Crippen LogP contribution in [0, 0.1) is 5.41 Å². The van der Waals surface area contributed by atoms with E-state index < -0.39 is 5.97 Å². The van der Waals surface area contributed by atoms with Gasteiger partial charge in [0.05, 0.1) is 6.42 Å². The molecule has 1 fully saturated rings. The Morgan fingerprint density at radius 2 is 2.10 bits per heavy atom. The van der Waals surface area contributed by atoms with Crippen LogP contribution in [0.3, 0.4) is 0 Å². The van der Waals surface area contributed by atoms with E-state index in [4.69, 9.17) is 5.11 Å². The molecule has 21 heavy (non-hydrogen) atoms. The first kappa shape index (κ1) is 15.4. The van der Waals surface area contributed by atoms with E-state index in [0.29, 0.717) is 6.54 Å². The van der Waals surface area contributed by atoms with Gasteiger partial charge in [0.2, 0.25) is 0 Å². The number of hydrogen-bond donors (Lipinski definition) is 3. The number of aryl methyl sites for hydroxylation is 1. The van der Waals surface area contributed by atoms with Gasteiger partial charge in [0.25, 0.3) is 0 Å². The summed E-state index contributed by atoms with van der Waals surface area (Å²) >= 11 is 0. The van der Waals surface area contributed by atoms with Crippen molar-refractivity contribution >= 4 is 17.7 Å². The molecule has 0 saturated heterocycles. The number of benzene rings is 1. The van der Waals surface area contributed by atoms with E-state index in [-0.39, 0.29) is 17.9 Å². The summed E-state index contributed by atoms with van der Waals surface area (Å²) in [6.45, 7) is 2.48. The molecule has 2 rings (SSSR count). The largest absolute Gasteiger partial charge is 0.481 e. The van der Waals surface area contributed by atoms with Crippen LogP contribution in [0.4, 0.5) is 10.5 Å². The predicted octanol–water partition coefficient (Wildman–Crippen LogP) is 3.02. The smallest absolute Gasteiger partial charge is 0.319 e. The van der Waals surface area contributed by atoms with Crippen LogP contribution in [-0.2, 0) is 11.2 Å². The minimum absolute atomic E-state index is 0.124. The Bertz CT molecular complexity index is 524. The highest BCUT2D eigenvalue weighted by Gasteiger charge is 2.39. The van der Waals surface area contributed by atoms with Crippen LogP contribution in [0.1, 0.15) is 38.2 Å². The molecule has 0 spiro atoms. The lowest BCUT2D eigenvalue weighted by Gasteiger charge is -2.40. The highest BCUT2D eigenvalue weighted by molar-refractivity contribution is 5.89. The number of rotatable bonds is 6. The Morgan fingerprint density at radius 3 is 2.67 bits per heavy atom. The number of urea groups is 1. The molecule has 5 nitrogen and oxygen atoms in total. The van der Waals surface area contributed by atoms with Crippen molar-refractivity contribution in [2.45, 2.75) is 39.0 Å². The highest BCUT2D eigenvalue weighted by Crippen LogP contribution is 2.43. The van der Waals surface area contributed by atoms with Crippen LogP contribution < -0.4 is 10.6 Å². The first-order valence-electron chi connectivity index (χ1n) is 7.39. The van der Waals surface area contributed by atoms with Gasteiger partial charge in [-0.2, -0.15) is 0 Å². The maximum atomic E-state index is 11.9. The second-order valence-electron chi connectivity index (χ2n) is 5.79. The summed E-state index contributed by atoms with van der Waals surface area (Å²) in [5.41, 5.74) is 1.66. The van der Waals surface area contributed by atoms with Crippen molar-refractivity contribution in [1.82, 2.24) is 5.32 Å². The van der Waals surface area contributed by atoms with Gasteiger partial charge in [-0.25, -0.2) is 4.79 Å². The summed E-state index contributed by atoms with van der Waals surface area (Å²) in [5, 5.41) is 14.5. The first-order valence-corrected chi connectivity index (χ1v) is 7.39. The van der Waals surface area contributed by atoms with Crippen LogP contribution in [0.25, 0.3) is 0 Å². The minimum Gasteiger partial charge on any atom is -0.481 e. The second kappa shape index (κ2) is 6.61. The van der Waals surface area contributed by atoms with Crippen molar-refractivity contribution in [2.75, 3.05) is 11.9 Å². The van der Waals surface area contributed by atoms with E-state index in [9.17, 15) is 9.59 Å². The normalized spacial score (nSPS) is 15.9. The van der Waals surface area contributed by atoms with Crippen LogP contribution in [-0.4, -0.2) is 23.7 Å². The van der Waals surface area contributed by atoms with Crippen molar-refractivity contribution < 1.29 is 14.7 Å². The third-order valence-electron chi connectivity index (χ3n) is 4.16. The van der Waals surface area contributed by atoms with Crippen molar-refractivity contribution in [3.8, 4) is 0 Å². The molecular weight excluding hydrogens is 268 g/mol. The topological polar surface area (TPSA) is 78.4 Å². The van der Waals surface area contributed by atoms with E-state index in [1.54, 1.807) is 0 Å². The summed E-state index contributed by atoms with van der Waals surface area (Å²) in [6, 6.07) is 7.43. The highest BCUT2D eigenvalue weighted by atomic mass is 16.4. The molecule has 2 amide bonds. The van der Waals surface area contributed by atoms with E-state index in [2.05, 4.69) is 17.6 Å². The van der Waals surface area contributed by atoms with Gasteiger partial charge in [0, 0.05) is 12.2 Å². The van der Waals surface area contributed by atoms with Gasteiger partial charge in [-0.3, -0.25) is 4.79 Å². The average molecular weight is 290 g/mol. The van der Waals surface area contributed by atoms with Crippen LogP contribution >= 0.6 is 0 Å². The van der Waals surface area contributed by atoms with Crippen molar-refractivity contribution in [2.24, 2.45) is 5.41 Å². The summed E-state index contributed by atoms with van der Waals surface area (Å²) in [6.07, 6.45) is 3.81. The maximum absolute atomic E-state index is 11.9. The number of carboxylic acids is 1. The molecule has 0 heterocycles. The number of hydrogen-bond acceptors (Lipinski definition) is 2. The molecular formula is C16H22N2O3. The molecule has 0 radical (unpaired) electrons. The quantitative estimate of drug-likeness (QED) is 0.753. The molecule has 0 bridgehead atoms. The molecule has 5 heteroatoms. The molecule has 1 aromatic carbocycles. The van der Waals surface area contributed by atoms with Crippen LogP contribution in [0.2, 0.25) is 0 Å². The number of carbonyl (C=O) groups is 2. The molecule has 1 aliphatic rings. The number of carbonyl (C=O) groups excluding carboxylic acids is 1. The molecule has 3 N–H and O–H groups in total. The molecule has 1 aliphatic carbocycles. The zero-order valence-electron chi connectivity index (χ0n) is 12.3. The third kappa shape index (κ3) is 4.21. The molecule has 1 aromatic rings. The minimum atomic E-state index is -0.799. The van der Waals surface area contributed by atoms with Gasteiger partial charge in [-0.05, 0) is 42.4 Å². The zero-order valence-corrected chi connectivity index (χ0v) is 12.3. The molecule has 0 atom stereocenters. The fourth-order valence-corrected chi connectivity index (χ4v) is 2.73. The van der Waals surface area contributed by atoms with Crippen molar-refractivity contribution in [1.29, 1.82) is 0 Å². The standard InChI is InChI=1S/C16H22N2O3/c1-2-12-5-3-6-13(9-12)18-15(21)17-11-16(7-4-8-16)10-14(19)20/h3,5-6,9H,2,4,7-8,10-11H2,1H3,(H,19,20)(H2,17,18,21). The van der Waals surface area contributed by atoms with E-state index in [0.717, 1.165) is 36.9 Å².